The van der Waals surface area contributed by atoms with Crippen molar-refractivity contribution in [1.82, 2.24) is 10.6 Å². The fourth-order valence-corrected chi connectivity index (χ4v) is 2.50. The van der Waals surface area contributed by atoms with Crippen LogP contribution in [0.1, 0.15) is 21.7 Å². The normalized spacial score (nSPS) is 10.5. The van der Waals surface area contributed by atoms with Crippen molar-refractivity contribution in [2.45, 2.75) is 19.6 Å². The SMILES string of the molecule is O=C(CCNC(=O)c1cccs1)NCc1ccc(OC(F)F)cc1. The molecule has 0 aliphatic carbocycles. The van der Waals surface area contributed by atoms with Gasteiger partial charge in [0, 0.05) is 19.5 Å². The minimum Gasteiger partial charge on any atom is -0.435 e. The Balaban J connectivity index is 1.66. The number of amides is 2. The Morgan fingerprint density at radius 3 is 2.50 bits per heavy atom. The molecule has 0 unspecified atom stereocenters. The number of carbonyl (C=O) groups excluding carboxylic acids is 2. The van der Waals surface area contributed by atoms with Crippen molar-refractivity contribution < 1.29 is 23.1 Å². The molecule has 0 aliphatic rings. The molecule has 1 aromatic carbocycles. The number of halogens is 2. The summed E-state index contributed by atoms with van der Waals surface area (Å²) < 4.78 is 28.3. The summed E-state index contributed by atoms with van der Waals surface area (Å²) in [5.41, 5.74) is 0.757. The highest BCUT2D eigenvalue weighted by Crippen LogP contribution is 2.14. The Hall–Kier alpha value is -2.48. The van der Waals surface area contributed by atoms with Gasteiger partial charge in [-0.2, -0.15) is 8.78 Å². The van der Waals surface area contributed by atoms with E-state index in [1.54, 1.807) is 29.6 Å². The second-order valence-electron chi connectivity index (χ2n) is 4.78. The summed E-state index contributed by atoms with van der Waals surface area (Å²) >= 11 is 1.33. The number of rotatable bonds is 8. The van der Waals surface area contributed by atoms with Crippen LogP contribution in [0.4, 0.5) is 8.78 Å². The molecule has 0 atom stereocenters. The fourth-order valence-electron chi connectivity index (χ4n) is 1.86. The standard InChI is InChI=1S/C16H16F2N2O3S/c17-16(18)23-12-5-3-11(4-6-12)10-20-14(21)7-8-19-15(22)13-2-1-9-24-13/h1-6,9,16H,7-8,10H2,(H,19,22)(H,20,21). The predicted octanol–water partition coefficient (Wildman–Crippen LogP) is 2.79. The zero-order chi connectivity index (χ0) is 17.4. The molecule has 0 saturated heterocycles. The van der Waals surface area contributed by atoms with E-state index in [0.29, 0.717) is 4.88 Å². The Kier molecular flexibility index (Phi) is 6.68. The Morgan fingerprint density at radius 2 is 1.88 bits per heavy atom. The molecule has 0 radical (unpaired) electrons. The zero-order valence-electron chi connectivity index (χ0n) is 12.6. The molecule has 5 nitrogen and oxygen atoms in total. The van der Waals surface area contributed by atoms with Crippen LogP contribution >= 0.6 is 11.3 Å². The van der Waals surface area contributed by atoms with Crippen LogP contribution in [0, 0.1) is 0 Å². The fraction of sp³-hybridized carbons (Fsp3) is 0.250. The first-order chi connectivity index (χ1) is 11.5. The van der Waals surface area contributed by atoms with Crippen molar-refractivity contribution >= 4 is 23.2 Å². The predicted molar refractivity (Wildman–Crippen MR) is 86.2 cm³/mol. The topological polar surface area (TPSA) is 67.4 Å². The molecule has 2 aromatic rings. The summed E-state index contributed by atoms with van der Waals surface area (Å²) in [6, 6.07) is 9.50. The average Bonchev–Trinajstić information content (AvgIpc) is 3.08. The maximum atomic E-state index is 12.0. The number of benzene rings is 1. The molecule has 1 aromatic heterocycles. The molecule has 24 heavy (non-hydrogen) atoms. The van der Waals surface area contributed by atoms with Crippen molar-refractivity contribution in [2.75, 3.05) is 6.54 Å². The lowest BCUT2D eigenvalue weighted by molar-refractivity contribution is -0.121. The molecule has 0 aliphatic heterocycles. The van der Waals surface area contributed by atoms with Gasteiger partial charge in [0.25, 0.3) is 5.91 Å². The highest BCUT2D eigenvalue weighted by Gasteiger charge is 2.07. The number of nitrogens with one attached hydrogen (secondary N) is 2. The van der Waals surface area contributed by atoms with E-state index >= 15 is 0 Å². The van der Waals surface area contributed by atoms with E-state index in [0.717, 1.165) is 5.56 Å². The van der Waals surface area contributed by atoms with Gasteiger partial charge in [-0.05, 0) is 29.1 Å². The number of alkyl halides is 2. The van der Waals surface area contributed by atoms with Crippen LogP contribution in [-0.2, 0) is 11.3 Å². The number of ether oxygens (including phenoxy) is 1. The molecule has 0 fully saturated rings. The van der Waals surface area contributed by atoms with Crippen LogP contribution < -0.4 is 15.4 Å². The average molecular weight is 354 g/mol. The third-order valence-electron chi connectivity index (χ3n) is 3.02. The molecule has 0 bridgehead atoms. The van der Waals surface area contributed by atoms with Gasteiger partial charge in [-0.15, -0.1) is 11.3 Å². The third-order valence-corrected chi connectivity index (χ3v) is 3.89. The first kappa shape index (κ1) is 17.9. The summed E-state index contributed by atoms with van der Waals surface area (Å²) in [4.78, 5) is 24.0. The van der Waals surface area contributed by atoms with Crippen molar-refractivity contribution in [1.29, 1.82) is 0 Å². The maximum Gasteiger partial charge on any atom is 0.387 e. The van der Waals surface area contributed by atoms with E-state index < -0.39 is 6.61 Å². The number of hydrogen-bond acceptors (Lipinski definition) is 4. The Morgan fingerprint density at radius 1 is 1.12 bits per heavy atom. The van der Waals surface area contributed by atoms with Crippen LogP contribution in [0.2, 0.25) is 0 Å². The molecule has 128 valence electrons. The van der Waals surface area contributed by atoms with Gasteiger partial charge in [-0.1, -0.05) is 18.2 Å². The first-order valence-electron chi connectivity index (χ1n) is 7.17. The van der Waals surface area contributed by atoms with Crippen LogP contribution in [0.5, 0.6) is 5.75 Å². The molecule has 0 spiro atoms. The summed E-state index contributed by atoms with van der Waals surface area (Å²) in [7, 11) is 0. The van der Waals surface area contributed by atoms with Crippen molar-refractivity contribution in [3.8, 4) is 5.75 Å². The number of carbonyl (C=O) groups is 2. The highest BCUT2D eigenvalue weighted by molar-refractivity contribution is 7.12. The van der Waals surface area contributed by atoms with Crippen molar-refractivity contribution in [2.24, 2.45) is 0 Å². The Labute approximate surface area is 141 Å². The smallest absolute Gasteiger partial charge is 0.387 e. The van der Waals surface area contributed by atoms with E-state index in [4.69, 9.17) is 0 Å². The molecule has 2 amide bonds. The van der Waals surface area contributed by atoms with Crippen LogP contribution in [0.25, 0.3) is 0 Å². The summed E-state index contributed by atoms with van der Waals surface area (Å²) in [5.74, 6) is -0.349. The van der Waals surface area contributed by atoms with E-state index in [9.17, 15) is 18.4 Å². The second kappa shape index (κ2) is 8.97. The summed E-state index contributed by atoms with van der Waals surface area (Å²) in [6.45, 7) is -2.35. The van der Waals surface area contributed by atoms with Crippen LogP contribution in [-0.4, -0.2) is 25.0 Å². The largest absolute Gasteiger partial charge is 0.435 e. The van der Waals surface area contributed by atoms with Crippen LogP contribution in [0.3, 0.4) is 0 Å². The first-order valence-corrected chi connectivity index (χ1v) is 8.04. The highest BCUT2D eigenvalue weighted by atomic mass is 32.1. The molecule has 8 heteroatoms. The van der Waals surface area contributed by atoms with Gasteiger partial charge in [-0.25, -0.2) is 0 Å². The van der Waals surface area contributed by atoms with E-state index in [1.165, 1.54) is 23.5 Å². The van der Waals surface area contributed by atoms with E-state index in [1.807, 2.05) is 0 Å². The molecule has 0 saturated carbocycles. The lowest BCUT2D eigenvalue weighted by Gasteiger charge is -2.08. The van der Waals surface area contributed by atoms with Gasteiger partial charge in [-0.3, -0.25) is 9.59 Å². The van der Waals surface area contributed by atoms with Gasteiger partial charge in [0.05, 0.1) is 4.88 Å². The molecule has 1 heterocycles. The maximum absolute atomic E-state index is 12.0. The second-order valence-corrected chi connectivity index (χ2v) is 5.73. The molecule has 2 N–H and O–H groups in total. The molecule has 2 rings (SSSR count). The van der Waals surface area contributed by atoms with Gasteiger partial charge in [0.1, 0.15) is 5.75 Å². The Bertz CT molecular complexity index is 660. The van der Waals surface area contributed by atoms with Gasteiger partial charge >= 0.3 is 6.61 Å². The van der Waals surface area contributed by atoms with Crippen molar-refractivity contribution in [3.05, 3.63) is 52.2 Å². The lowest BCUT2D eigenvalue weighted by Crippen LogP contribution is -2.30. The number of hydrogen-bond donors (Lipinski definition) is 2. The van der Waals surface area contributed by atoms with Gasteiger partial charge in [0.15, 0.2) is 0 Å². The van der Waals surface area contributed by atoms with E-state index in [-0.39, 0.29) is 37.1 Å². The summed E-state index contributed by atoms with van der Waals surface area (Å²) in [6.07, 6.45) is 0.156. The number of thiophene rings is 1. The van der Waals surface area contributed by atoms with Crippen LogP contribution in [0.15, 0.2) is 41.8 Å². The quantitative estimate of drug-likeness (QED) is 0.766. The minimum atomic E-state index is -2.86. The monoisotopic (exact) mass is 354 g/mol. The minimum absolute atomic E-state index is 0.0661. The van der Waals surface area contributed by atoms with Gasteiger partial charge in [0.2, 0.25) is 5.91 Å². The van der Waals surface area contributed by atoms with Crippen molar-refractivity contribution in [3.63, 3.8) is 0 Å². The lowest BCUT2D eigenvalue weighted by atomic mass is 10.2. The van der Waals surface area contributed by atoms with E-state index in [2.05, 4.69) is 15.4 Å². The third kappa shape index (κ3) is 5.96. The molecular formula is C16H16F2N2O3S. The zero-order valence-corrected chi connectivity index (χ0v) is 13.4. The summed E-state index contributed by atoms with van der Waals surface area (Å²) in [5, 5.41) is 7.16. The van der Waals surface area contributed by atoms with Gasteiger partial charge < -0.3 is 15.4 Å². The molecular weight excluding hydrogens is 338 g/mol.